The van der Waals surface area contributed by atoms with Gasteiger partial charge >= 0.3 is 11.9 Å². The highest BCUT2D eigenvalue weighted by Crippen LogP contribution is 2.20. The molecule has 0 aliphatic carbocycles. The molecule has 6 heteroatoms. The highest BCUT2D eigenvalue weighted by molar-refractivity contribution is 5.92. The van der Waals surface area contributed by atoms with E-state index in [1.807, 2.05) is 0 Å². The van der Waals surface area contributed by atoms with Gasteiger partial charge in [-0.15, -0.1) is 0 Å². The molecule has 1 N–H and O–H groups in total. The Hall–Kier alpha value is -3.15. The van der Waals surface area contributed by atoms with Crippen LogP contribution in [0.25, 0.3) is 11.1 Å². The second kappa shape index (κ2) is 7.41. The minimum absolute atomic E-state index is 0.213. The quantitative estimate of drug-likeness (QED) is 0.852. The molecule has 0 saturated carbocycles. The van der Waals surface area contributed by atoms with Crippen LogP contribution in [0.15, 0.2) is 48.5 Å². The Morgan fingerprint density at radius 1 is 0.875 bits per heavy atom. The fourth-order valence-corrected chi connectivity index (χ4v) is 1.94. The van der Waals surface area contributed by atoms with Gasteiger partial charge in [0.1, 0.15) is 0 Å². The molecule has 0 saturated heterocycles. The zero-order valence-corrected chi connectivity index (χ0v) is 13.4. The number of carboxylic acids is 1. The summed E-state index contributed by atoms with van der Waals surface area (Å²) in [6.45, 7) is -0.301. The molecule has 1 amide bonds. The van der Waals surface area contributed by atoms with Gasteiger partial charge in [-0.3, -0.25) is 4.79 Å². The SMILES string of the molecule is CN(C)C(=O)COC(=O)c1ccc(-c2ccc(C(=O)O)cc2)cc1. The third-order valence-corrected chi connectivity index (χ3v) is 3.41. The average Bonchev–Trinajstić information content (AvgIpc) is 2.59. The molecule has 2 aromatic carbocycles. The monoisotopic (exact) mass is 327 g/mol. The molecule has 0 spiro atoms. The second-order valence-electron chi connectivity index (χ2n) is 5.32. The van der Waals surface area contributed by atoms with Crippen LogP contribution in [-0.4, -0.2) is 48.6 Å². The average molecular weight is 327 g/mol. The molecule has 0 fully saturated rings. The highest BCUT2D eigenvalue weighted by atomic mass is 16.5. The van der Waals surface area contributed by atoms with Crippen LogP contribution in [0.4, 0.5) is 0 Å². The van der Waals surface area contributed by atoms with Crippen molar-refractivity contribution in [2.24, 2.45) is 0 Å². The number of rotatable bonds is 5. The molecular formula is C18H17NO5. The van der Waals surface area contributed by atoms with Crippen molar-refractivity contribution in [1.82, 2.24) is 4.90 Å². The zero-order valence-electron chi connectivity index (χ0n) is 13.4. The van der Waals surface area contributed by atoms with Crippen molar-refractivity contribution in [3.05, 3.63) is 59.7 Å². The Labute approximate surface area is 139 Å². The smallest absolute Gasteiger partial charge is 0.338 e. The van der Waals surface area contributed by atoms with Gasteiger partial charge < -0.3 is 14.7 Å². The molecular weight excluding hydrogens is 310 g/mol. The van der Waals surface area contributed by atoms with Crippen molar-refractivity contribution in [1.29, 1.82) is 0 Å². The summed E-state index contributed by atoms with van der Waals surface area (Å²) in [6, 6.07) is 13.1. The first kappa shape index (κ1) is 17.2. The minimum atomic E-state index is -0.980. The number of hydrogen-bond donors (Lipinski definition) is 1. The van der Waals surface area contributed by atoms with E-state index in [-0.39, 0.29) is 18.1 Å². The first-order valence-electron chi connectivity index (χ1n) is 7.19. The second-order valence-corrected chi connectivity index (χ2v) is 5.32. The summed E-state index contributed by atoms with van der Waals surface area (Å²) in [5, 5.41) is 8.89. The number of carbonyl (C=O) groups is 3. The van der Waals surface area contributed by atoms with Gasteiger partial charge in [0.25, 0.3) is 5.91 Å². The lowest BCUT2D eigenvalue weighted by Gasteiger charge is -2.10. The first-order chi connectivity index (χ1) is 11.4. The van der Waals surface area contributed by atoms with Gasteiger partial charge in [0.15, 0.2) is 6.61 Å². The van der Waals surface area contributed by atoms with Crippen molar-refractivity contribution in [2.45, 2.75) is 0 Å². The van der Waals surface area contributed by atoms with Crippen molar-refractivity contribution in [3.8, 4) is 11.1 Å². The molecule has 0 unspecified atom stereocenters. The van der Waals surface area contributed by atoms with Gasteiger partial charge in [-0.2, -0.15) is 0 Å². The molecule has 0 radical (unpaired) electrons. The minimum Gasteiger partial charge on any atom is -0.478 e. The van der Waals surface area contributed by atoms with Crippen LogP contribution in [0.2, 0.25) is 0 Å². The summed E-state index contributed by atoms with van der Waals surface area (Å²) in [5.74, 6) is -1.84. The standard InChI is InChI=1S/C18H17NO5/c1-19(2)16(20)11-24-18(23)15-9-5-13(6-10-15)12-3-7-14(8-4-12)17(21)22/h3-10H,11H2,1-2H3,(H,21,22). The van der Waals surface area contributed by atoms with Crippen molar-refractivity contribution < 1.29 is 24.2 Å². The molecule has 0 bridgehead atoms. The lowest BCUT2D eigenvalue weighted by atomic mass is 10.0. The van der Waals surface area contributed by atoms with Crippen molar-refractivity contribution in [3.63, 3.8) is 0 Å². The summed E-state index contributed by atoms with van der Waals surface area (Å²) in [7, 11) is 3.17. The van der Waals surface area contributed by atoms with E-state index in [0.29, 0.717) is 5.56 Å². The maximum absolute atomic E-state index is 11.9. The number of hydrogen-bond acceptors (Lipinski definition) is 4. The number of benzene rings is 2. The molecule has 6 nitrogen and oxygen atoms in total. The summed E-state index contributed by atoms with van der Waals surface area (Å²) in [4.78, 5) is 35.5. The van der Waals surface area contributed by atoms with Crippen LogP contribution in [0.5, 0.6) is 0 Å². The molecule has 0 aliphatic heterocycles. The number of likely N-dealkylation sites (N-methyl/N-ethyl adjacent to an activating group) is 1. The Balaban J connectivity index is 2.05. The summed E-state index contributed by atoms with van der Waals surface area (Å²) >= 11 is 0. The predicted molar refractivity (Wildman–Crippen MR) is 87.8 cm³/mol. The Morgan fingerprint density at radius 2 is 1.33 bits per heavy atom. The lowest BCUT2D eigenvalue weighted by molar-refractivity contribution is -0.131. The van der Waals surface area contributed by atoms with Gasteiger partial charge in [0.05, 0.1) is 11.1 Å². The lowest BCUT2D eigenvalue weighted by Crippen LogP contribution is -2.27. The van der Waals surface area contributed by atoms with Crippen LogP contribution in [0.1, 0.15) is 20.7 Å². The van der Waals surface area contributed by atoms with Crippen LogP contribution in [0.3, 0.4) is 0 Å². The van der Waals surface area contributed by atoms with Crippen molar-refractivity contribution in [2.75, 3.05) is 20.7 Å². The first-order valence-corrected chi connectivity index (χ1v) is 7.19. The molecule has 124 valence electrons. The van der Waals surface area contributed by atoms with Crippen LogP contribution in [0, 0.1) is 0 Å². The molecule has 0 heterocycles. The predicted octanol–water partition coefficient (Wildman–Crippen LogP) is 2.30. The maximum Gasteiger partial charge on any atom is 0.338 e. The number of aromatic carboxylic acids is 1. The maximum atomic E-state index is 11.9. The largest absolute Gasteiger partial charge is 0.478 e. The molecule has 0 aromatic heterocycles. The third-order valence-electron chi connectivity index (χ3n) is 3.41. The van der Waals surface area contributed by atoms with Gasteiger partial charge in [0, 0.05) is 14.1 Å². The normalized spacial score (nSPS) is 10.1. The number of carbonyl (C=O) groups excluding carboxylic acids is 2. The van der Waals surface area contributed by atoms with Gasteiger partial charge in [-0.25, -0.2) is 9.59 Å². The molecule has 0 atom stereocenters. The molecule has 2 aromatic rings. The number of amides is 1. The molecule has 24 heavy (non-hydrogen) atoms. The van der Waals surface area contributed by atoms with Gasteiger partial charge in [-0.1, -0.05) is 24.3 Å². The van der Waals surface area contributed by atoms with Crippen LogP contribution in [-0.2, 0) is 9.53 Å². The van der Waals surface area contributed by atoms with E-state index < -0.39 is 11.9 Å². The highest BCUT2D eigenvalue weighted by Gasteiger charge is 2.11. The van der Waals surface area contributed by atoms with Crippen LogP contribution < -0.4 is 0 Å². The summed E-state index contributed by atoms with van der Waals surface area (Å²) in [6.07, 6.45) is 0. The summed E-state index contributed by atoms with van der Waals surface area (Å²) in [5.41, 5.74) is 2.23. The zero-order chi connectivity index (χ0) is 17.7. The van der Waals surface area contributed by atoms with E-state index in [4.69, 9.17) is 9.84 Å². The molecule has 0 aliphatic rings. The van der Waals surface area contributed by atoms with E-state index in [9.17, 15) is 14.4 Å². The number of ether oxygens (including phenoxy) is 1. The van der Waals surface area contributed by atoms with E-state index >= 15 is 0 Å². The fourth-order valence-electron chi connectivity index (χ4n) is 1.94. The Kier molecular flexibility index (Phi) is 5.31. The van der Waals surface area contributed by atoms with Crippen molar-refractivity contribution >= 4 is 17.8 Å². The fraction of sp³-hybridized carbons (Fsp3) is 0.167. The number of nitrogens with zero attached hydrogens (tertiary/aromatic N) is 1. The number of esters is 1. The van der Waals surface area contributed by atoms with E-state index in [2.05, 4.69) is 0 Å². The topological polar surface area (TPSA) is 83.9 Å². The third kappa shape index (κ3) is 4.19. The summed E-state index contributed by atoms with van der Waals surface area (Å²) < 4.78 is 4.94. The van der Waals surface area contributed by atoms with Crippen LogP contribution >= 0.6 is 0 Å². The number of carboxylic acid groups (broad SMARTS) is 1. The molecule has 2 rings (SSSR count). The van der Waals surface area contributed by atoms with Gasteiger partial charge in [0.2, 0.25) is 0 Å². The van der Waals surface area contributed by atoms with E-state index in [1.54, 1.807) is 50.5 Å². The van der Waals surface area contributed by atoms with E-state index in [0.717, 1.165) is 11.1 Å². The van der Waals surface area contributed by atoms with Gasteiger partial charge in [-0.05, 0) is 35.4 Å². The Morgan fingerprint density at radius 3 is 1.75 bits per heavy atom. The Bertz CT molecular complexity index is 748. The van der Waals surface area contributed by atoms with E-state index in [1.165, 1.54) is 17.0 Å².